The summed E-state index contributed by atoms with van der Waals surface area (Å²) in [6, 6.07) is 8.13. The molecule has 0 saturated carbocycles. The van der Waals surface area contributed by atoms with Gasteiger partial charge in [0.05, 0.1) is 6.04 Å². The molecule has 29 heavy (non-hydrogen) atoms. The van der Waals surface area contributed by atoms with E-state index in [4.69, 9.17) is 0 Å². The molecule has 0 fully saturated rings. The van der Waals surface area contributed by atoms with Crippen LogP contribution in [0.3, 0.4) is 0 Å². The molecule has 2 aromatic heterocycles. The highest BCUT2D eigenvalue weighted by molar-refractivity contribution is 7.10. The van der Waals surface area contributed by atoms with Crippen molar-refractivity contribution in [3.63, 3.8) is 0 Å². The number of nitrogens with zero attached hydrogens (tertiary/aromatic N) is 2. The molecule has 0 saturated heterocycles. The fraction of sp³-hybridized carbons (Fsp3) is 0.300. The summed E-state index contributed by atoms with van der Waals surface area (Å²) in [5.41, 5.74) is 2.59. The number of carbonyl (C=O) groups is 1. The van der Waals surface area contributed by atoms with Crippen LogP contribution in [0.2, 0.25) is 0 Å². The number of thiophene rings is 1. The number of hydrogen-bond donors (Lipinski definition) is 2. The maximum Gasteiger partial charge on any atom is 0.410 e. The van der Waals surface area contributed by atoms with Crippen molar-refractivity contribution in [2.75, 3.05) is 10.6 Å². The molecule has 1 amide bonds. The molecule has 2 atom stereocenters. The molecule has 0 unspecified atom stereocenters. The van der Waals surface area contributed by atoms with E-state index in [9.17, 15) is 18.0 Å². The highest BCUT2D eigenvalue weighted by atomic mass is 32.1. The Morgan fingerprint density at radius 1 is 1.24 bits per heavy atom. The summed E-state index contributed by atoms with van der Waals surface area (Å²) in [4.78, 5) is 13.4. The summed E-state index contributed by atoms with van der Waals surface area (Å²) in [5, 5.41) is 11.6. The average Bonchev–Trinajstić information content (AvgIpc) is 3.32. The summed E-state index contributed by atoms with van der Waals surface area (Å²) < 4.78 is 41.9. The van der Waals surface area contributed by atoms with Gasteiger partial charge in [0.2, 0.25) is 0 Å². The van der Waals surface area contributed by atoms with Crippen molar-refractivity contribution in [3.05, 3.63) is 63.5 Å². The standard InChI is InChI=1S/C20H19F3N4OS/c1-11-5-6-13(8-12(11)2)24-19(28)15-10-18-25-14(16-4-3-7-29-16)9-17(20(21,22)23)27(18)26-15/h3-8,10,14,17,25H,9H2,1-2H3,(H,24,28)/t14-,17+/m1/s1. The fourth-order valence-corrected chi connectivity index (χ4v) is 4.17. The number of aromatic nitrogens is 2. The van der Waals surface area contributed by atoms with Crippen LogP contribution < -0.4 is 10.6 Å². The third-order valence-corrected chi connectivity index (χ3v) is 6.06. The first-order chi connectivity index (χ1) is 13.7. The van der Waals surface area contributed by atoms with Gasteiger partial charge < -0.3 is 10.6 Å². The number of aryl methyl sites for hydroxylation is 2. The van der Waals surface area contributed by atoms with Gasteiger partial charge in [-0.15, -0.1) is 11.3 Å². The summed E-state index contributed by atoms with van der Waals surface area (Å²) in [6.45, 7) is 3.88. The number of nitrogens with one attached hydrogen (secondary N) is 2. The fourth-order valence-electron chi connectivity index (χ4n) is 3.37. The van der Waals surface area contributed by atoms with Crippen molar-refractivity contribution in [2.45, 2.75) is 38.5 Å². The number of halogens is 3. The van der Waals surface area contributed by atoms with Gasteiger partial charge in [-0.25, -0.2) is 4.68 Å². The number of anilines is 2. The molecular weight excluding hydrogens is 401 g/mol. The van der Waals surface area contributed by atoms with Crippen molar-refractivity contribution in [2.24, 2.45) is 0 Å². The molecule has 0 spiro atoms. The molecule has 9 heteroatoms. The van der Waals surface area contributed by atoms with Gasteiger partial charge >= 0.3 is 6.18 Å². The molecule has 3 aromatic rings. The lowest BCUT2D eigenvalue weighted by Gasteiger charge is -2.32. The van der Waals surface area contributed by atoms with Crippen molar-refractivity contribution in [3.8, 4) is 0 Å². The molecule has 152 valence electrons. The number of alkyl halides is 3. The van der Waals surface area contributed by atoms with Crippen LogP contribution in [0.5, 0.6) is 0 Å². The van der Waals surface area contributed by atoms with Crippen LogP contribution in [0.4, 0.5) is 24.7 Å². The Morgan fingerprint density at radius 3 is 2.69 bits per heavy atom. The zero-order valence-electron chi connectivity index (χ0n) is 15.7. The Balaban J connectivity index is 1.63. The van der Waals surface area contributed by atoms with Crippen LogP contribution >= 0.6 is 11.3 Å². The number of fused-ring (bicyclic) bond motifs is 1. The molecule has 0 aliphatic carbocycles. The van der Waals surface area contributed by atoms with Crippen molar-refractivity contribution in [1.29, 1.82) is 0 Å². The maximum atomic E-state index is 13.7. The van der Waals surface area contributed by atoms with Crippen LogP contribution in [-0.4, -0.2) is 21.9 Å². The van der Waals surface area contributed by atoms with E-state index in [1.54, 1.807) is 18.2 Å². The number of benzene rings is 1. The SMILES string of the molecule is Cc1ccc(NC(=O)c2cc3n(n2)[C@H](C(F)(F)F)C[C@H](c2cccs2)N3)cc1C. The molecule has 1 aliphatic rings. The average molecular weight is 420 g/mol. The summed E-state index contributed by atoms with van der Waals surface area (Å²) in [5.74, 6) is -0.368. The van der Waals surface area contributed by atoms with Crippen molar-refractivity contribution >= 4 is 28.7 Å². The first-order valence-electron chi connectivity index (χ1n) is 9.07. The topological polar surface area (TPSA) is 59.0 Å². The van der Waals surface area contributed by atoms with E-state index in [1.165, 1.54) is 17.4 Å². The van der Waals surface area contributed by atoms with E-state index in [1.807, 2.05) is 31.4 Å². The van der Waals surface area contributed by atoms with E-state index in [-0.39, 0.29) is 17.9 Å². The van der Waals surface area contributed by atoms with Gasteiger partial charge in [-0.2, -0.15) is 18.3 Å². The van der Waals surface area contributed by atoms with Crippen molar-refractivity contribution < 1.29 is 18.0 Å². The van der Waals surface area contributed by atoms with Gasteiger partial charge in [0.25, 0.3) is 5.91 Å². The second-order valence-electron chi connectivity index (χ2n) is 7.12. The Bertz CT molecular complexity index is 1040. The molecule has 0 bridgehead atoms. The Hall–Kier alpha value is -2.81. The van der Waals surface area contributed by atoms with E-state index in [0.717, 1.165) is 20.7 Å². The molecule has 3 heterocycles. The minimum absolute atomic E-state index is 0.0631. The van der Waals surface area contributed by atoms with Crippen LogP contribution in [0.25, 0.3) is 0 Å². The zero-order chi connectivity index (χ0) is 20.8. The summed E-state index contributed by atoms with van der Waals surface area (Å²) in [6.07, 6.45) is -4.66. The Kier molecular flexibility index (Phi) is 4.85. The van der Waals surface area contributed by atoms with Gasteiger partial charge in [-0.3, -0.25) is 4.79 Å². The minimum atomic E-state index is -4.47. The minimum Gasteiger partial charge on any atom is -0.363 e. The molecule has 1 aliphatic heterocycles. The number of hydrogen-bond acceptors (Lipinski definition) is 4. The second-order valence-corrected chi connectivity index (χ2v) is 8.10. The summed E-state index contributed by atoms with van der Waals surface area (Å²) in [7, 11) is 0. The van der Waals surface area contributed by atoms with Crippen LogP contribution in [-0.2, 0) is 0 Å². The lowest BCUT2D eigenvalue weighted by atomic mass is 10.0. The number of carbonyl (C=O) groups excluding carboxylic acids is 1. The van der Waals surface area contributed by atoms with E-state index < -0.39 is 24.2 Å². The van der Waals surface area contributed by atoms with Gasteiger partial charge in [0.1, 0.15) is 5.82 Å². The normalized spacial score (nSPS) is 18.8. The van der Waals surface area contributed by atoms with E-state index >= 15 is 0 Å². The van der Waals surface area contributed by atoms with Crippen molar-refractivity contribution in [1.82, 2.24) is 9.78 Å². The highest BCUT2D eigenvalue weighted by Gasteiger charge is 2.47. The van der Waals surface area contributed by atoms with Crippen LogP contribution in [0, 0.1) is 13.8 Å². The quantitative estimate of drug-likeness (QED) is 0.590. The predicted molar refractivity (Wildman–Crippen MR) is 106 cm³/mol. The maximum absolute atomic E-state index is 13.7. The van der Waals surface area contributed by atoms with Gasteiger partial charge in [-0.05, 0) is 48.6 Å². The monoisotopic (exact) mass is 420 g/mol. The first kappa shape index (κ1) is 19.5. The zero-order valence-corrected chi connectivity index (χ0v) is 16.6. The Morgan fingerprint density at radius 2 is 2.03 bits per heavy atom. The highest BCUT2D eigenvalue weighted by Crippen LogP contribution is 2.44. The summed E-state index contributed by atoms with van der Waals surface area (Å²) >= 11 is 1.40. The van der Waals surface area contributed by atoms with E-state index in [0.29, 0.717) is 5.69 Å². The van der Waals surface area contributed by atoms with Crippen LogP contribution in [0.1, 0.15) is 45.0 Å². The van der Waals surface area contributed by atoms with Crippen LogP contribution in [0.15, 0.2) is 41.8 Å². The predicted octanol–water partition coefficient (Wildman–Crippen LogP) is 5.47. The smallest absolute Gasteiger partial charge is 0.363 e. The Labute approximate surface area is 169 Å². The molecular formula is C20H19F3N4OS. The lowest BCUT2D eigenvalue weighted by molar-refractivity contribution is -0.173. The lowest BCUT2D eigenvalue weighted by Crippen LogP contribution is -2.35. The number of amides is 1. The van der Waals surface area contributed by atoms with Gasteiger partial charge in [0.15, 0.2) is 11.7 Å². The third kappa shape index (κ3) is 3.87. The molecule has 0 radical (unpaired) electrons. The molecule has 4 rings (SSSR count). The number of rotatable bonds is 3. The van der Waals surface area contributed by atoms with Gasteiger partial charge in [-0.1, -0.05) is 12.1 Å². The van der Waals surface area contributed by atoms with Gasteiger partial charge in [0, 0.05) is 23.1 Å². The second kappa shape index (κ2) is 7.22. The molecule has 2 N–H and O–H groups in total. The molecule has 5 nitrogen and oxygen atoms in total. The third-order valence-electron chi connectivity index (χ3n) is 5.07. The largest absolute Gasteiger partial charge is 0.410 e. The molecule has 1 aromatic carbocycles. The van der Waals surface area contributed by atoms with E-state index in [2.05, 4.69) is 15.7 Å². The first-order valence-corrected chi connectivity index (χ1v) is 9.95.